The third kappa shape index (κ3) is 5.44. The largest absolute Gasteiger partial charge is 0.336 e. The Morgan fingerprint density at radius 2 is 1.22 bits per heavy atom. The first-order valence-corrected chi connectivity index (χ1v) is 12.8. The first-order chi connectivity index (χ1) is 17.3. The SMILES string of the molecule is O=C(N[C@@H](C(=O)N1CCN(C(=O)c2ccccc2)CC1)S(=O)(=O)c1ccc(F)cc1)c1ccccc1. The molecule has 3 aromatic carbocycles. The van der Waals surface area contributed by atoms with Crippen LogP contribution in [-0.4, -0.2) is 67.5 Å². The topological polar surface area (TPSA) is 104 Å². The van der Waals surface area contributed by atoms with E-state index in [1.54, 1.807) is 53.4 Å². The lowest BCUT2D eigenvalue weighted by molar-refractivity contribution is -0.132. The monoisotopic (exact) mass is 509 g/mol. The average Bonchev–Trinajstić information content (AvgIpc) is 2.92. The molecule has 36 heavy (non-hydrogen) atoms. The molecule has 0 radical (unpaired) electrons. The van der Waals surface area contributed by atoms with E-state index in [2.05, 4.69) is 5.32 Å². The first kappa shape index (κ1) is 25.1. The van der Waals surface area contributed by atoms with Gasteiger partial charge in [-0.1, -0.05) is 36.4 Å². The van der Waals surface area contributed by atoms with Crippen LogP contribution in [-0.2, 0) is 14.6 Å². The van der Waals surface area contributed by atoms with Crippen molar-refractivity contribution in [3.05, 3.63) is 102 Å². The molecule has 1 atom stereocenters. The van der Waals surface area contributed by atoms with Gasteiger partial charge >= 0.3 is 0 Å². The van der Waals surface area contributed by atoms with Crippen LogP contribution < -0.4 is 5.32 Å². The first-order valence-electron chi connectivity index (χ1n) is 11.3. The lowest BCUT2D eigenvalue weighted by Crippen LogP contribution is -2.57. The summed E-state index contributed by atoms with van der Waals surface area (Å²) in [6, 6.07) is 20.7. The highest BCUT2D eigenvalue weighted by Gasteiger charge is 2.39. The predicted molar refractivity (Wildman–Crippen MR) is 130 cm³/mol. The van der Waals surface area contributed by atoms with E-state index in [1.807, 2.05) is 0 Å². The Hall–Kier alpha value is -4.05. The van der Waals surface area contributed by atoms with Crippen molar-refractivity contribution in [1.29, 1.82) is 0 Å². The second-order valence-corrected chi connectivity index (χ2v) is 10.2. The Labute approximate surface area is 208 Å². The number of amides is 3. The van der Waals surface area contributed by atoms with Crippen LogP contribution in [0.5, 0.6) is 0 Å². The molecule has 0 bridgehead atoms. The van der Waals surface area contributed by atoms with Gasteiger partial charge in [0.2, 0.25) is 15.2 Å². The molecule has 3 aromatic rings. The van der Waals surface area contributed by atoms with Crippen LogP contribution in [0, 0.1) is 5.82 Å². The van der Waals surface area contributed by atoms with Gasteiger partial charge in [0.15, 0.2) is 0 Å². The fourth-order valence-electron chi connectivity index (χ4n) is 3.88. The quantitative estimate of drug-likeness (QED) is 0.514. The van der Waals surface area contributed by atoms with Crippen LogP contribution in [0.1, 0.15) is 20.7 Å². The van der Waals surface area contributed by atoms with Gasteiger partial charge in [-0.3, -0.25) is 14.4 Å². The second kappa shape index (κ2) is 10.7. The van der Waals surface area contributed by atoms with Gasteiger partial charge in [-0.25, -0.2) is 12.8 Å². The molecule has 8 nitrogen and oxygen atoms in total. The van der Waals surface area contributed by atoms with Gasteiger partial charge in [0, 0.05) is 37.3 Å². The smallest absolute Gasteiger partial charge is 0.261 e. The molecule has 3 amide bonds. The highest BCUT2D eigenvalue weighted by Crippen LogP contribution is 2.19. The molecule has 1 aliphatic rings. The summed E-state index contributed by atoms with van der Waals surface area (Å²) in [6.45, 7) is 0.590. The molecule has 1 N–H and O–H groups in total. The van der Waals surface area contributed by atoms with Gasteiger partial charge in [0.25, 0.3) is 17.7 Å². The summed E-state index contributed by atoms with van der Waals surface area (Å²) in [5.74, 6) is -2.38. The number of rotatable bonds is 6. The zero-order valence-electron chi connectivity index (χ0n) is 19.2. The molecular weight excluding hydrogens is 485 g/mol. The number of nitrogens with one attached hydrogen (secondary N) is 1. The maximum Gasteiger partial charge on any atom is 0.261 e. The van der Waals surface area contributed by atoms with Gasteiger partial charge in [-0.05, 0) is 48.5 Å². The summed E-state index contributed by atoms with van der Waals surface area (Å²) in [4.78, 5) is 41.6. The van der Waals surface area contributed by atoms with Crippen molar-refractivity contribution >= 4 is 27.6 Å². The van der Waals surface area contributed by atoms with Gasteiger partial charge in [0.1, 0.15) is 5.82 Å². The molecule has 10 heteroatoms. The number of sulfone groups is 1. The molecule has 1 aliphatic heterocycles. The average molecular weight is 510 g/mol. The fourth-order valence-corrected chi connectivity index (χ4v) is 5.35. The normalized spacial score (nSPS) is 14.7. The number of benzene rings is 3. The Morgan fingerprint density at radius 1 is 0.722 bits per heavy atom. The number of hydrogen-bond donors (Lipinski definition) is 1. The van der Waals surface area contributed by atoms with E-state index in [1.165, 1.54) is 17.0 Å². The molecule has 0 aromatic heterocycles. The van der Waals surface area contributed by atoms with Crippen molar-refractivity contribution in [2.75, 3.05) is 26.2 Å². The van der Waals surface area contributed by atoms with Gasteiger partial charge in [-0.15, -0.1) is 0 Å². The van der Waals surface area contributed by atoms with Gasteiger partial charge in [0.05, 0.1) is 4.90 Å². The lowest BCUT2D eigenvalue weighted by Gasteiger charge is -2.36. The third-order valence-corrected chi connectivity index (χ3v) is 7.74. The molecule has 0 saturated carbocycles. The molecule has 0 unspecified atom stereocenters. The number of carbonyl (C=O) groups excluding carboxylic acids is 3. The summed E-state index contributed by atoms with van der Waals surface area (Å²) >= 11 is 0. The van der Waals surface area contributed by atoms with Crippen molar-refractivity contribution in [1.82, 2.24) is 15.1 Å². The maximum absolute atomic E-state index is 13.5. The van der Waals surface area contributed by atoms with Crippen molar-refractivity contribution in [3.8, 4) is 0 Å². The minimum atomic E-state index is -4.41. The number of halogens is 1. The summed E-state index contributed by atoms with van der Waals surface area (Å²) in [7, 11) is -4.41. The van der Waals surface area contributed by atoms with Crippen LogP contribution in [0.3, 0.4) is 0 Å². The van der Waals surface area contributed by atoms with E-state index in [0.717, 1.165) is 24.3 Å². The van der Waals surface area contributed by atoms with Crippen LogP contribution in [0.25, 0.3) is 0 Å². The maximum atomic E-state index is 13.5. The van der Waals surface area contributed by atoms with E-state index in [0.29, 0.717) is 5.56 Å². The molecule has 186 valence electrons. The summed E-state index contributed by atoms with van der Waals surface area (Å²) in [6.07, 6.45) is 0. The summed E-state index contributed by atoms with van der Waals surface area (Å²) in [5.41, 5.74) is 0.701. The van der Waals surface area contributed by atoms with Crippen LogP contribution in [0.15, 0.2) is 89.8 Å². The van der Waals surface area contributed by atoms with Gasteiger partial charge < -0.3 is 15.1 Å². The van der Waals surface area contributed by atoms with E-state index in [4.69, 9.17) is 0 Å². The molecule has 0 aliphatic carbocycles. The van der Waals surface area contributed by atoms with Crippen molar-refractivity contribution < 1.29 is 27.2 Å². The summed E-state index contributed by atoms with van der Waals surface area (Å²) in [5, 5.41) is 0.427. The van der Waals surface area contributed by atoms with Crippen LogP contribution in [0.4, 0.5) is 4.39 Å². The zero-order valence-corrected chi connectivity index (χ0v) is 20.0. The Balaban J connectivity index is 1.55. The number of hydrogen-bond acceptors (Lipinski definition) is 5. The van der Waals surface area contributed by atoms with Crippen molar-refractivity contribution in [3.63, 3.8) is 0 Å². The van der Waals surface area contributed by atoms with Crippen LogP contribution in [0.2, 0.25) is 0 Å². The Morgan fingerprint density at radius 3 is 1.78 bits per heavy atom. The number of piperazine rings is 1. The van der Waals surface area contributed by atoms with E-state index < -0.39 is 32.8 Å². The number of nitrogens with zero attached hydrogens (tertiary/aromatic N) is 2. The standard InChI is InChI=1S/C26H24FN3O5S/c27-21-11-13-22(14-12-21)36(34,35)24(28-23(31)19-7-3-1-4-8-19)26(33)30-17-15-29(16-18-30)25(32)20-9-5-2-6-10-20/h1-14,24H,15-18H2,(H,28,31)/t24-/m1/s1. The molecule has 4 rings (SSSR count). The van der Waals surface area contributed by atoms with Crippen molar-refractivity contribution in [2.24, 2.45) is 0 Å². The highest BCUT2D eigenvalue weighted by atomic mass is 32.2. The molecule has 1 saturated heterocycles. The zero-order chi connectivity index (χ0) is 25.7. The van der Waals surface area contributed by atoms with Crippen LogP contribution >= 0.6 is 0 Å². The summed E-state index contributed by atoms with van der Waals surface area (Å²) < 4.78 is 40.2. The van der Waals surface area contributed by atoms with Crippen molar-refractivity contribution in [2.45, 2.75) is 10.3 Å². The van der Waals surface area contributed by atoms with E-state index >= 15 is 0 Å². The molecular formula is C26H24FN3O5S. The molecule has 0 spiro atoms. The molecule has 1 fully saturated rings. The predicted octanol–water partition coefficient (Wildman–Crippen LogP) is 2.34. The Kier molecular flexibility index (Phi) is 7.44. The van der Waals surface area contributed by atoms with E-state index in [-0.39, 0.29) is 42.5 Å². The third-order valence-electron chi connectivity index (χ3n) is 5.87. The second-order valence-electron chi connectivity index (χ2n) is 8.20. The minimum absolute atomic E-state index is 0.0913. The van der Waals surface area contributed by atoms with E-state index in [9.17, 15) is 27.2 Å². The van der Waals surface area contributed by atoms with Gasteiger partial charge in [-0.2, -0.15) is 0 Å². The highest BCUT2D eigenvalue weighted by molar-refractivity contribution is 7.92. The lowest BCUT2D eigenvalue weighted by atomic mass is 10.2. The Bertz CT molecular complexity index is 1340. The fraction of sp³-hybridized carbons (Fsp3) is 0.192. The molecule has 1 heterocycles. The minimum Gasteiger partial charge on any atom is -0.336 e. The number of carbonyl (C=O) groups is 3.